The normalized spacial score (nSPS) is 26.4. The number of ether oxygens (including phenoxy) is 1. The van der Waals surface area contributed by atoms with Crippen LogP contribution in [0, 0.1) is 5.92 Å². The predicted octanol–water partition coefficient (Wildman–Crippen LogP) is 2.01. The molecule has 10 heteroatoms. The van der Waals surface area contributed by atoms with E-state index in [9.17, 15) is 19.2 Å². The van der Waals surface area contributed by atoms with Crippen molar-refractivity contribution in [2.24, 2.45) is 5.92 Å². The van der Waals surface area contributed by atoms with Gasteiger partial charge in [-0.3, -0.25) is 24.1 Å². The van der Waals surface area contributed by atoms with Gasteiger partial charge in [-0.15, -0.1) is 0 Å². The zero-order valence-corrected chi connectivity index (χ0v) is 24.5. The van der Waals surface area contributed by atoms with Gasteiger partial charge in [0.25, 0.3) is 0 Å². The van der Waals surface area contributed by atoms with Crippen molar-refractivity contribution in [2.45, 2.75) is 63.9 Å². The van der Waals surface area contributed by atoms with Gasteiger partial charge >= 0.3 is 0 Å². The van der Waals surface area contributed by atoms with Crippen LogP contribution in [0.25, 0.3) is 6.08 Å². The Labute approximate surface area is 246 Å². The van der Waals surface area contributed by atoms with Crippen molar-refractivity contribution in [1.29, 1.82) is 0 Å². The molecular formula is C32H39N5O5. The monoisotopic (exact) mass is 573 g/mol. The SMILES string of the molecule is CC(C)[C@@H](C(=O)N1CC[C@@H]2Oc3ccc(cc3)/C=C\NC(=O)[C@H](Cc3ccccc3)NC(=O)[C@H]21)N1CN(C)[C@@H](C)C1=O. The van der Waals surface area contributed by atoms with Gasteiger partial charge in [-0.1, -0.05) is 56.3 Å². The smallest absolute Gasteiger partial charge is 0.247 e. The number of amides is 4. The summed E-state index contributed by atoms with van der Waals surface area (Å²) < 4.78 is 6.32. The van der Waals surface area contributed by atoms with Crippen molar-refractivity contribution in [3.05, 3.63) is 71.9 Å². The number of fused-ring (bicyclic) bond motifs is 7. The molecule has 2 fully saturated rings. The molecule has 0 aromatic heterocycles. The number of nitrogens with zero attached hydrogens (tertiary/aromatic N) is 3. The van der Waals surface area contributed by atoms with Crippen molar-refractivity contribution in [2.75, 3.05) is 20.3 Å². The Balaban J connectivity index is 1.48. The Kier molecular flexibility index (Phi) is 8.63. The van der Waals surface area contributed by atoms with Crippen LogP contribution in [0.4, 0.5) is 0 Å². The number of benzene rings is 2. The third kappa shape index (κ3) is 6.04. The van der Waals surface area contributed by atoms with Crippen LogP contribution in [0.5, 0.6) is 5.75 Å². The number of likely N-dealkylation sites (N-methyl/N-ethyl adjacent to an activating group) is 1. The molecule has 10 nitrogen and oxygen atoms in total. The van der Waals surface area contributed by atoms with Gasteiger partial charge in [0, 0.05) is 25.6 Å². The fourth-order valence-electron chi connectivity index (χ4n) is 5.95. The first kappa shape index (κ1) is 29.3. The van der Waals surface area contributed by atoms with Crippen LogP contribution in [0.2, 0.25) is 0 Å². The molecule has 5 atom stereocenters. The number of carbonyl (C=O) groups excluding carboxylic acids is 4. The molecule has 4 amide bonds. The van der Waals surface area contributed by atoms with E-state index in [1.54, 1.807) is 22.1 Å². The minimum absolute atomic E-state index is 0.111. The summed E-state index contributed by atoms with van der Waals surface area (Å²) in [6.07, 6.45) is 3.39. The molecule has 4 aliphatic rings. The van der Waals surface area contributed by atoms with Gasteiger partial charge in [-0.05, 0) is 49.2 Å². The lowest BCUT2D eigenvalue weighted by molar-refractivity contribution is -0.149. The van der Waals surface area contributed by atoms with E-state index in [1.807, 2.05) is 87.3 Å². The van der Waals surface area contributed by atoms with Gasteiger partial charge in [-0.25, -0.2) is 0 Å². The van der Waals surface area contributed by atoms with Crippen molar-refractivity contribution in [3.8, 4) is 5.75 Å². The van der Waals surface area contributed by atoms with Crippen molar-refractivity contribution in [3.63, 3.8) is 0 Å². The second-order valence-electron chi connectivity index (χ2n) is 11.7. The van der Waals surface area contributed by atoms with Crippen LogP contribution >= 0.6 is 0 Å². The minimum Gasteiger partial charge on any atom is -0.488 e. The van der Waals surface area contributed by atoms with Crippen LogP contribution in [0.15, 0.2) is 60.8 Å². The molecule has 6 rings (SSSR count). The van der Waals surface area contributed by atoms with Crippen LogP contribution in [-0.4, -0.2) is 88.9 Å². The fourth-order valence-corrected chi connectivity index (χ4v) is 5.95. The summed E-state index contributed by atoms with van der Waals surface area (Å²) >= 11 is 0. The lowest BCUT2D eigenvalue weighted by Crippen LogP contribution is -2.60. The molecule has 2 aromatic rings. The largest absolute Gasteiger partial charge is 0.488 e. The molecule has 0 aliphatic carbocycles. The van der Waals surface area contributed by atoms with Crippen LogP contribution < -0.4 is 15.4 Å². The fraction of sp³-hybridized carbons (Fsp3) is 0.438. The molecule has 2 aromatic carbocycles. The van der Waals surface area contributed by atoms with Crippen molar-refractivity contribution < 1.29 is 23.9 Å². The van der Waals surface area contributed by atoms with Crippen molar-refractivity contribution in [1.82, 2.24) is 25.3 Å². The number of rotatable bonds is 5. The average Bonchev–Trinajstić information content (AvgIpc) is 3.50. The van der Waals surface area contributed by atoms with Crippen molar-refractivity contribution >= 4 is 29.7 Å². The van der Waals surface area contributed by atoms with E-state index >= 15 is 0 Å². The van der Waals surface area contributed by atoms with E-state index in [-0.39, 0.29) is 42.6 Å². The van der Waals surface area contributed by atoms with E-state index in [4.69, 9.17) is 4.74 Å². The molecule has 2 saturated heterocycles. The zero-order chi connectivity index (χ0) is 30.0. The summed E-state index contributed by atoms with van der Waals surface area (Å²) in [6.45, 7) is 6.26. The molecule has 42 heavy (non-hydrogen) atoms. The van der Waals surface area contributed by atoms with Gasteiger partial charge in [0.1, 0.15) is 30.0 Å². The van der Waals surface area contributed by atoms with Crippen LogP contribution in [-0.2, 0) is 25.6 Å². The molecule has 2 N–H and O–H groups in total. The molecule has 2 bridgehead atoms. The lowest BCUT2D eigenvalue weighted by Gasteiger charge is -2.36. The molecule has 0 saturated carbocycles. The molecule has 0 unspecified atom stereocenters. The number of hydrogen-bond acceptors (Lipinski definition) is 6. The number of carbonyl (C=O) groups is 4. The predicted molar refractivity (Wildman–Crippen MR) is 158 cm³/mol. The second kappa shape index (κ2) is 12.4. The summed E-state index contributed by atoms with van der Waals surface area (Å²) in [5.74, 6) is -0.852. The van der Waals surface area contributed by atoms with Crippen LogP contribution in [0.3, 0.4) is 0 Å². The Morgan fingerprint density at radius 1 is 1.02 bits per heavy atom. The molecule has 0 spiro atoms. The van der Waals surface area contributed by atoms with Gasteiger partial charge in [0.2, 0.25) is 23.6 Å². The second-order valence-corrected chi connectivity index (χ2v) is 11.7. The molecule has 4 aliphatic heterocycles. The Hall–Kier alpha value is -4.18. The van der Waals surface area contributed by atoms with Gasteiger partial charge in [0.15, 0.2) is 0 Å². The maximum atomic E-state index is 14.3. The quantitative estimate of drug-likeness (QED) is 0.566. The first-order valence-electron chi connectivity index (χ1n) is 14.5. The van der Waals surface area contributed by atoms with E-state index < -0.39 is 30.1 Å². The molecular weight excluding hydrogens is 534 g/mol. The maximum Gasteiger partial charge on any atom is 0.247 e. The number of likely N-dealkylation sites (tertiary alicyclic amines) is 1. The molecule has 4 heterocycles. The summed E-state index contributed by atoms with van der Waals surface area (Å²) in [6, 6.07) is 13.9. The van der Waals surface area contributed by atoms with Crippen LogP contribution in [0.1, 0.15) is 38.3 Å². The minimum atomic E-state index is -0.990. The third-order valence-corrected chi connectivity index (χ3v) is 8.38. The van der Waals surface area contributed by atoms with Gasteiger partial charge < -0.3 is 25.2 Å². The van der Waals surface area contributed by atoms with E-state index in [0.717, 1.165) is 11.1 Å². The zero-order valence-electron chi connectivity index (χ0n) is 24.5. The highest BCUT2D eigenvalue weighted by molar-refractivity contribution is 5.96. The van der Waals surface area contributed by atoms with Gasteiger partial charge in [-0.2, -0.15) is 0 Å². The van der Waals surface area contributed by atoms with E-state index in [0.29, 0.717) is 18.8 Å². The third-order valence-electron chi connectivity index (χ3n) is 8.38. The summed E-state index contributed by atoms with van der Waals surface area (Å²) in [5, 5.41) is 5.73. The topological polar surface area (TPSA) is 111 Å². The first-order valence-corrected chi connectivity index (χ1v) is 14.5. The lowest BCUT2D eigenvalue weighted by atomic mass is 9.99. The average molecular weight is 574 g/mol. The highest BCUT2D eigenvalue weighted by Crippen LogP contribution is 2.29. The van der Waals surface area contributed by atoms with Gasteiger partial charge in [0.05, 0.1) is 12.7 Å². The summed E-state index contributed by atoms with van der Waals surface area (Å²) in [7, 11) is 1.85. The number of nitrogens with one attached hydrogen (secondary N) is 2. The highest BCUT2D eigenvalue weighted by Gasteiger charge is 2.49. The molecule has 222 valence electrons. The first-order chi connectivity index (χ1) is 20.1. The highest BCUT2D eigenvalue weighted by atomic mass is 16.5. The van der Waals surface area contributed by atoms with E-state index in [1.165, 1.54) is 0 Å². The Bertz CT molecular complexity index is 1340. The maximum absolute atomic E-state index is 14.3. The Morgan fingerprint density at radius 2 is 1.74 bits per heavy atom. The van der Waals surface area contributed by atoms with E-state index in [2.05, 4.69) is 10.6 Å². The summed E-state index contributed by atoms with van der Waals surface area (Å²) in [5.41, 5.74) is 1.76. The number of hydrogen-bond donors (Lipinski definition) is 2. The molecule has 0 radical (unpaired) electrons. The Morgan fingerprint density at radius 3 is 2.38 bits per heavy atom. The summed E-state index contributed by atoms with van der Waals surface area (Å²) in [4.78, 5) is 59.9. The standard InChI is InChI=1S/C32H39N5O5/c1-20(2)27(37-19-35(4)21(3)31(37)40)32(41)36-17-15-26-28(36)30(39)34-25(18-23-8-6-5-7-9-23)29(38)33-16-14-22-10-12-24(42-26)13-11-22/h5-14,16,20-21,25-28H,15,17-19H2,1-4H3,(H,33,38)(H,34,39)/b16-14-/t21-,25-,26-,27-,28-/m0/s1.